The highest BCUT2D eigenvalue weighted by molar-refractivity contribution is 9.10. The van der Waals surface area contributed by atoms with Gasteiger partial charge in [-0.15, -0.1) is 0 Å². The van der Waals surface area contributed by atoms with Gasteiger partial charge in [0.25, 0.3) is 11.8 Å². The van der Waals surface area contributed by atoms with Gasteiger partial charge >= 0.3 is 0 Å². The number of rotatable bonds is 4. The van der Waals surface area contributed by atoms with Crippen molar-refractivity contribution in [2.75, 3.05) is 38.0 Å². The topological polar surface area (TPSA) is 53.9 Å². The molecular formula is C20H23BrN3O2+. The molecule has 2 N–H and O–H groups in total. The summed E-state index contributed by atoms with van der Waals surface area (Å²) >= 11 is 3.36. The number of para-hydroxylation sites is 1. The second-order valence-corrected chi connectivity index (χ2v) is 7.32. The van der Waals surface area contributed by atoms with E-state index >= 15 is 0 Å². The number of carbonyl (C=O) groups is 2. The van der Waals surface area contributed by atoms with E-state index in [-0.39, 0.29) is 11.8 Å². The number of hydrogen-bond donors (Lipinski definition) is 2. The highest BCUT2D eigenvalue weighted by Gasteiger charge is 2.25. The molecule has 1 aliphatic heterocycles. The summed E-state index contributed by atoms with van der Waals surface area (Å²) in [6.45, 7) is 6.68. The Hall–Kier alpha value is -2.18. The van der Waals surface area contributed by atoms with Crippen LogP contribution in [0.4, 0.5) is 5.69 Å². The van der Waals surface area contributed by atoms with Gasteiger partial charge in [-0.05, 0) is 43.3 Å². The summed E-state index contributed by atoms with van der Waals surface area (Å²) < 4.78 is 0.915. The molecule has 2 aromatic carbocycles. The van der Waals surface area contributed by atoms with Crippen LogP contribution in [-0.2, 0) is 0 Å². The molecule has 1 fully saturated rings. The molecule has 0 saturated carbocycles. The molecule has 0 radical (unpaired) electrons. The molecule has 3 rings (SSSR count). The summed E-state index contributed by atoms with van der Waals surface area (Å²) in [4.78, 5) is 28.8. The van der Waals surface area contributed by atoms with Crippen LogP contribution in [0.2, 0.25) is 0 Å². The molecule has 1 aliphatic rings. The number of quaternary nitrogens is 1. The maximum Gasteiger partial charge on any atom is 0.256 e. The first kappa shape index (κ1) is 18.6. The van der Waals surface area contributed by atoms with E-state index in [9.17, 15) is 9.59 Å². The summed E-state index contributed by atoms with van der Waals surface area (Å²) in [5.74, 6) is -0.246. The molecule has 0 unspecified atom stereocenters. The number of amides is 2. The quantitative estimate of drug-likeness (QED) is 0.801. The molecular weight excluding hydrogens is 394 g/mol. The average Bonchev–Trinajstić information content (AvgIpc) is 2.68. The predicted octanol–water partition coefficient (Wildman–Crippen LogP) is 2.06. The Balaban J connectivity index is 1.74. The molecule has 0 spiro atoms. The zero-order valence-electron chi connectivity index (χ0n) is 14.8. The van der Waals surface area contributed by atoms with Crippen molar-refractivity contribution < 1.29 is 14.5 Å². The molecule has 0 bridgehead atoms. The van der Waals surface area contributed by atoms with Crippen LogP contribution in [0.5, 0.6) is 0 Å². The second-order valence-electron chi connectivity index (χ2n) is 6.40. The number of nitrogens with one attached hydrogen (secondary N) is 2. The Morgan fingerprint density at radius 1 is 1.08 bits per heavy atom. The lowest BCUT2D eigenvalue weighted by Crippen LogP contribution is -3.14. The van der Waals surface area contributed by atoms with Crippen molar-refractivity contribution in [3.63, 3.8) is 0 Å². The van der Waals surface area contributed by atoms with Crippen molar-refractivity contribution in [3.8, 4) is 0 Å². The number of anilines is 1. The van der Waals surface area contributed by atoms with Crippen molar-refractivity contribution in [1.82, 2.24) is 4.90 Å². The summed E-state index contributed by atoms with van der Waals surface area (Å²) in [6.07, 6.45) is 0. The summed E-state index contributed by atoms with van der Waals surface area (Å²) in [7, 11) is 0. The van der Waals surface area contributed by atoms with Gasteiger partial charge in [-0.2, -0.15) is 0 Å². The first-order valence-corrected chi connectivity index (χ1v) is 9.66. The molecule has 2 amide bonds. The van der Waals surface area contributed by atoms with E-state index in [1.165, 1.54) is 4.90 Å². The number of nitrogens with zero attached hydrogens (tertiary/aromatic N) is 1. The van der Waals surface area contributed by atoms with E-state index in [4.69, 9.17) is 0 Å². The van der Waals surface area contributed by atoms with Crippen molar-refractivity contribution in [3.05, 3.63) is 64.1 Å². The van der Waals surface area contributed by atoms with Crippen molar-refractivity contribution in [2.24, 2.45) is 0 Å². The monoisotopic (exact) mass is 416 g/mol. The van der Waals surface area contributed by atoms with Crippen LogP contribution in [0.25, 0.3) is 0 Å². The third kappa shape index (κ3) is 4.31. The lowest BCUT2D eigenvalue weighted by molar-refractivity contribution is -0.902. The Kier molecular flexibility index (Phi) is 6.06. The van der Waals surface area contributed by atoms with Gasteiger partial charge < -0.3 is 15.1 Å². The van der Waals surface area contributed by atoms with Crippen LogP contribution in [0, 0.1) is 0 Å². The van der Waals surface area contributed by atoms with E-state index in [2.05, 4.69) is 28.2 Å². The fraction of sp³-hybridized carbons (Fsp3) is 0.300. The number of likely N-dealkylation sites (N-methyl/N-ethyl adjacent to an activating group) is 1. The summed E-state index contributed by atoms with van der Waals surface area (Å²) in [5, 5.41) is 2.88. The maximum absolute atomic E-state index is 12.9. The Labute approximate surface area is 162 Å². The number of carbonyl (C=O) groups excluding carboxylic acids is 2. The smallest absolute Gasteiger partial charge is 0.256 e. The predicted molar refractivity (Wildman–Crippen MR) is 106 cm³/mol. The first-order chi connectivity index (χ1) is 12.6. The zero-order chi connectivity index (χ0) is 18.5. The van der Waals surface area contributed by atoms with Gasteiger partial charge in [0.2, 0.25) is 0 Å². The standard InChI is InChI=1S/C20H22BrN3O2/c1-2-23-11-13-24(14-12-23)20(26)17-5-3-4-6-18(17)22-19(25)15-7-9-16(21)10-8-15/h3-10H,2,11-14H2,1H3,(H,22,25)/p+1. The lowest BCUT2D eigenvalue weighted by Gasteiger charge is -2.32. The first-order valence-electron chi connectivity index (χ1n) is 8.87. The Morgan fingerprint density at radius 3 is 2.38 bits per heavy atom. The van der Waals surface area contributed by atoms with Crippen LogP contribution >= 0.6 is 15.9 Å². The van der Waals surface area contributed by atoms with Crippen LogP contribution in [0.1, 0.15) is 27.6 Å². The van der Waals surface area contributed by atoms with Gasteiger partial charge in [-0.25, -0.2) is 0 Å². The van der Waals surface area contributed by atoms with E-state index < -0.39 is 0 Å². The van der Waals surface area contributed by atoms with E-state index in [1.807, 2.05) is 29.2 Å². The number of halogens is 1. The SMILES string of the molecule is CC[NH+]1CCN(C(=O)c2ccccc2NC(=O)c2ccc(Br)cc2)CC1. The van der Waals surface area contributed by atoms with Crippen LogP contribution in [0.15, 0.2) is 53.0 Å². The van der Waals surface area contributed by atoms with Gasteiger partial charge in [-0.1, -0.05) is 28.1 Å². The summed E-state index contributed by atoms with van der Waals surface area (Å²) in [6, 6.07) is 14.3. The Morgan fingerprint density at radius 2 is 1.73 bits per heavy atom. The van der Waals surface area contributed by atoms with Crippen molar-refractivity contribution in [1.29, 1.82) is 0 Å². The minimum atomic E-state index is -0.224. The lowest BCUT2D eigenvalue weighted by atomic mass is 10.1. The number of hydrogen-bond acceptors (Lipinski definition) is 2. The normalized spacial score (nSPS) is 14.9. The second kappa shape index (κ2) is 8.47. The molecule has 0 aliphatic carbocycles. The highest BCUT2D eigenvalue weighted by Crippen LogP contribution is 2.19. The molecule has 5 nitrogen and oxygen atoms in total. The van der Waals surface area contributed by atoms with Gasteiger partial charge in [0.1, 0.15) is 0 Å². The minimum absolute atomic E-state index is 0.0214. The molecule has 0 aromatic heterocycles. The molecule has 0 atom stereocenters. The molecule has 136 valence electrons. The third-order valence-electron chi connectivity index (χ3n) is 4.77. The molecule has 26 heavy (non-hydrogen) atoms. The van der Waals surface area contributed by atoms with E-state index in [0.717, 1.165) is 37.2 Å². The molecule has 6 heteroatoms. The molecule has 1 heterocycles. The van der Waals surface area contributed by atoms with E-state index in [1.54, 1.807) is 24.3 Å². The molecule has 2 aromatic rings. The van der Waals surface area contributed by atoms with E-state index in [0.29, 0.717) is 16.8 Å². The van der Waals surface area contributed by atoms with Gasteiger partial charge in [0, 0.05) is 10.0 Å². The summed E-state index contributed by atoms with van der Waals surface area (Å²) in [5.41, 5.74) is 1.64. The fourth-order valence-electron chi connectivity index (χ4n) is 3.12. The maximum atomic E-state index is 12.9. The van der Waals surface area contributed by atoms with Crippen LogP contribution in [0.3, 0.4) is 0 Å². The average molecular weight is 417 g/mol. The minimum Gasteiger partial charge on any atom is -0.332 e. The highest BCUT2D eigenvalue weighted by atomic mass is 79.9. The Bertz CT molecular complexity index is 784. The fourth-order valence-corrected chi connectivity index (χ4v) is 3.39. The number of piperazine rings is 1. The van der Waals surface area contributed by atoms with Crippen LogP contribution in [-0.4, -0.2) is 49.4 Å². The number of benzene rings is 2. The van der Waals surface area contributed by atoms with Crippen molar-refractivity contribution in [2.45, 2.75) is 6.92 Å². The van der Waals surface area contributed by atoms with Gasteiger partial charge in [0.15, 0.2) is 0 Å². The zero-order valence-corrected chi connectivity index (χ0v) is 16.4. The third-order valence-corrected chi connectivity index (χ3v) is 5.30. The van der Waals surface area contributed by atoms with Crippen LogP contribution < -0.4 is 10.2 Å². The largest absolute Gasteiger partial charge is 0.332 e. The van der Waals surface area contributed by atoms with Crippen molar-refractivity contribution >= 4 is 33.4 Å². The van der Waals surface area contributed by atoms with Gasteiger partial charge in [-0.3, -0.25) is 9.59 Å². The molecule has 1 saturated heterocycles. The van der Waals surface area contributed by atoms with Gasteiger partial charge in [0.05, 0.1) is 44.0 Å².